The van der Waals surface area contributed by atoms with Crippen molar-refractivity contribution in [3.05, 3.63) is 29.3 Å². The molecule has 0 unspecified atom stereocenters. The fraction of sp³-hybridized carbons (Fsp3) is 0.462. The minimum atomic E-state index is 0.0877. The largest absolute Gasteiger partial charge is 0.395 e. The van der Waals surface area contributed by atoms with Crippen molar-refractivity contribution in [2.24, 2.45) is 0 Å². The molecule has 0 aliphatic carbocycles. The Bertz CT molecular complexity index is 361. The molecule has 16 heavy (non-hydrogen) atoms. The molecule has 1 aromatic rings. The van der Waals surface area contributed by atoms with Crippen LogP contribution in [0.1, 0.15) is 29.8 Å². The van der Waals surface area contributed by atoms with E-state index in [4.69, 9.17) is 5.11 Å². The van der Waals surface area contributed by atoms with Crippen LogP contribution in [-0.4, -0.2) is 30.6 Å². The Morgan fingerprint density at radius 1 is 1.44 bits per heavy atom. The molecule has 0 saturated heterocycles. The number of carbonyl (C=O) groups excluding carboxylic acids is 1. The van der Waals surface area contributed by atoms with Crippen molar-refractivity contribution < 1.29 is 9.90 Å². The lowest BCUT2D eigenvalue weighted by molar-refractivity contribution is 0.112. The van der Waals surface area contributed by atoms with E-state index in [-0.39, 0.29) is 12.6 Å². The maximum absolute atomic E-state index is 11.0. The summed E-state index contributed by atoms with van der Waals surface area (Å²) in [5, 5.41) is 9.04. The van der Waals surface area contributed by atoms with Gasteiger partial charge in [-0.05, 0) is 32.9 Å². The number of hydrogen-bond donors (Lipinski definition) is 1. The Morgan fingerprint density at radius 2 is 2.12 bits per heavy atom. The van der Waals surface area contributed by atoms with Gasteiger partial charge in [0.25, 0.3) is 0 Å². The summed E-state index contributed by atoms with van der Waals surface area (Å²) < 4.78 is 0. The summed E-state index contributed by atoms with van der Waals surface area (Å²) in [6, 6.07) is 6.05. The van der Waals surface area contributed by atoms with Gasteiger partial charge in [0.1, 0.15) is 0 Å². The van der Waals surface area contributed by atoms with E-state index in [9.17, 15) is 4.79 Å². The summed E-state index contributed by atoms with van der Waals surface area (Å²) >= 11 is 0. The van der Waals surface area contributed by atoms with Gasteiger partial charge in [-0.1, -0.05) is 11.6 Å². The second kappa shape index (κ2) is 5.66. The zero-order valence-electron chi connectivity index (χ0n) is 10.1. The number of aldehydes is 1. The van der Waals surface area contributed by atoms with Gasteiger partial charge in [-0.2, -0.15) is 0 Å². The van der Waals surface area contributed by atoms with E-state index in [0.717, 1.165) is 17.5 Å². The number of nitrogens with zero attached hydrogens (tertiary/aromatic N) is 1. The minimum Gasteiger partial charge on any atom is -0.395 e. The van der Waals surface area contributed by atoms with Crippen LogP contribution in [0.2, 0.25) is 0 Å². The molecule has 0 spiro atoms. The first-order valence-corrected chi connectivity index (χ1v) is 5.53. The molecule has 0 atom stereocenters. The van der Waals surface area contributed by atoms with Crippen molar-refractivity contribution in [1.29, 1.82) is 0 Å². The minimum absolute atomic E-state index is 0.0877. The summed E-state index contributed by atoms with van der Waals surface area (Å²) in [6.45, 7) is 6.68. The van der Waals surface area contributed by atoms with Crippen LogP contribution in [0.4, 0.5) is 5.69 Å². The Hall–Kier alpha value is -1.35. The molecule has 3 nitrogen and oxygen atoms in total. The van der Waals surface area contributed by atoms with Gasteiger partial charge < -0.3 is 10.0 Å². The number of carbonyl (C=O) groups is 1. The Labute approximate surface area is 96.7 Å². The van der Waals surface area contributed by atoms with Gasteiger partial charge in [0.05, 0.1) is 6.61 Å². The zero-order chi connectivity index (χ0) is 12.1. The zero-order valence-corrected chi connectivity index (χ0v) is 10.1. The predicted molar refractivity (Wildman–Crippen MR) is 66.1 cm³/mol. The highest BCUT2D eigenvalue weighted by molar-refractivity contribution is 5.85. The fourth-order valence-corrected chi connectivity index (χ4v) is 1.79. The molecule has 0 aliphatic heterocycles. The molecule has 88 valence electrons. The normalized spacial score (nSPS) is 10.6. The number of anilines is 1. The molecule has 1 N–H and O–H groups in total. The fourth-order valence-electron chi connectivity index (χ4n) is 1.79. The van der Waals surface area contributed by atoms with Gasteiger partial charge in [-0.25, -0.2) is 0 Å². The van der Waals surface area contributed by atoms with Crippen LogP contribution < -0.4 is 4.90 Å². The topological polar surface area (TPSA) is 40.5 Å². The lowest BCUT2D eigenvalue weighted by Crippen LogP contribution is -2.34. The number of hydrogen-bond acceptors (Lipinski definition) is 3. The quantitative estimate of drug-likeness (QED) is 0.773. The number of aliphatic hydroxyl groups is 1. The molecule has 1 rings (SSSR count). The van der Waals surface area contributed by atoms with Gasteiger partial charge in [0.2, 0.25) is 0 Å². The molecular weight excluding hydrogens is 202 g/mol. The van der Waals surface area contributed by atoms with Crippen LogP contribution in [0.25, 0.3) is 0 Å². The van der Waals surface area contributed by atoms with Crippen molar-refractivity contribution in [1.82, 2.24) is 0 Å². The van der Waals surface area contributed by atoms with Crippen LogP contribution in [0.15, 0.2) is 18.2 Å². The van der Waals surface area contributed by atoms with E-state index >= 15 is 0 Å². The van der Waals surface area contributed by atoms with Crippen LogP contribution in [0.3, 0.4) is 0 Å². The summed E-state index contributed by atoms with van der Waals surface area (Å²) in [4.78, 5) is 13.1. The van der Waals surface area contributed by atoms with Gasteiger partial charge in [-0.15, -0.1) is 0 Å². The first kappa shape index (κ1) is 12.7. The van der Waals surface area contributed by atoms with Gasteiger partial charge in [0.15, 0.2) is 6.29 Å². The molecule has 0 amide bonds. The summed E-state index contributed by atoms with van der Waals surface area (Å²) in [5.41, 5.74) is 2.64. The van der Waals surface area contributed by atoms with E-state index < -0.39 is 0 Å². The highest BCUT2D eigenvalue weighted by atomic mass is 16.3. The smallest absolute Gasteiger partial charge is 0.152 e. The summed E-state index contributed by atoms with van der Waals surface area (Å²) in [5.74, 6) is 0. The van der Waals surface area contributed by atoms with E-state index in [2.05, 4.69) is 0 Å². The predicted octanol–water partition coefficient (Wildman–Crippen LogP) is 2.01. The number of aryl methyl sites for hydroxylation is 1. The van der Waals surface area contributed by atoms with Gasteiger partial charge in [0, 0.05) is 23.8 Å². The van der Waals surface area contributed by atoms with Crippen molar-refractivity contribution in [2.75, 3.05) is 18.1 Å². The Kier molecular flexibility index (Phi) is 4.50. The second-order valence-corrected chi connectivity index (χ2v) is 4.19. The molecule has 0 radical (unpaired) electrons. The molecule has 1 aromatic carbocycles. The number of rotatable bonds is 5. The molecule has 0 aliphatic rings. The molecule has 0 saturated carbocycles. The Balaban J connectivity index is 3.12. The average Bonchev–Trinajstić information content (AvgIpc) is 2.26. The third-order valence-electron chi connectivity index (χ3n) is 2.58. The van der Waals surface area contributed by atoms with Crippen LogP contribution in [-0.2, 0) is 0 Å². The maximum atomic E-state index is 11.0. The van der Waals surface area contributed by atoms with Crippen LogP contribution in [0.5, 0.6) is 0 Å². The Morgan fingerprint density at radius 3 is 2.62 bits per heavy atom. The van der Waals surface area contributed by atoms with Crippen molar-refractivity contribution >= 4 is 12.0 Å². The molecular formula is C13H19NO2. The molecule has 0 heterocycles. The van der Waals surface area contributed by atoms with E-state index in [1.807, 2.05) is 43.9 Å². The molecule has 0 fully saturated rings. The third kappa shape index (κ3) is 2.83. The second-order valence-electron chi connectivity index (χ2n) is 4.19. The maximum Gasteiger partial charge on any atom is 0.152 e. The van der Waals surface area contributed by atoms with E-state index in [1.165, 1.54) is 0 Å². The van der Waals surface area contributed by atoms with Gasteiger partial charge in [-0.3, -0.25) is 4.79 Å². The van der Waals surface area contributed by atoms with E-state index in [0.29, 0.717) is 12.1 Å². The average molecular weight is 221 g/mol. The van der Waals surface area contributed by atoms with E-state index in [1.54, 1.807) is 0 Å². The van der Waals surface area contributed by atoms with Crippen LogP contribution >= 0.6 is 0 Å². The highest BCUT2D eigenvalue weighted by Crippen LogP contribution is 2.22. The number of benzene rings is 1. The lowest BCUT2D eigenvalue weighted by Gasteiger charge is -2.29. The molecule has 0 aromatic heterocycles. The van der Waals surface area contributed by atoms with Crippen molar-refractivity contribution in [3.8, 4) is 0 Å². The van der Waals surface area contributed by atoms with Crippen molar-refractivity contribution in [2.45, 2.75) is 26.8 Å². The first-order chi connectivity index (χ1) is 7.60. The first-order valence-electron chi connectivity index (χ1n) is 5.53. The third-order valence-corrected chi connectivity index (χ3v) is 2.58. The molecule has 0 bridgehead atoms. The molecule has 3 heteroatoms. The monoisotopic (exact) mass is 221 g/mol. The number of aliphatic hydroxyl groups excluding tert-OH is 1. The lowest BCUT2D eigenvalue weighted by atomic mass is 10.1. The summed E-state index contributed by atoms with van der Waals surface area (Å²) in [7, 11) is 0. The summed E-state index contributed by atoms with van der Waals surface area (Å²) in [6.07, 6.45) is 0.870. The van der Waals surface area contributed by atoms with Gasteiger partial charge >= 0.3 is 0 Å². The van der Waals surface area contributed by atoms with Crippen molar-refractivity contribution in [3.63, 3.8) is 0 Å². The van der Waals surface area contributed by atoms with Crippen LogP contribution in [0, 0.1) is 6.92 Å². The SMILES string of the molecule is Cc1ccc(N(CCO)C(C)C)c(C=O)c1. The highest BCUT2D eigenvalue weighted by Gasteiger charge is 2.13. The standard InChI is InChI=1S/C13H19NO2/c1-10(2)14(6-7-15)13-5-4-11(3)8-12(13)9-16/h4-5,8-10,15H,6-7H2,1-3H3.